The second kappa shape index (κ2) is 7.43. The molecule has 2 N–H and O–H groups in total. The van der Waals surface area contributed by atoms with E-state index in [1.807, 2.05) is 19.1 Å². The normalized spacial score (nSPS) is 15.7. The molecule has 2 aromatic carbocycles. The van der Waals surface area contributed by atoms with Crippen LogP contribution in [-0.2, 0) is 15.0 Å². The molecule has 1 saturated carbocycles. The molecule has 1 aliphatic rings. The van der Waals surface area contributed by atoms with Crippen molar-refractivity contribution in [2.75, 3.05) is 6.61 Å². The van der Waals surface area contributed by atoms with Crippen LogP contribution in [0, 0.1) is 13.8 Å². The van der Waals surface area contributed by atoms with E-state index in [2.05, 4.69) is 37.4 Å². The number of nitrogens with one attached hydrogen (secondary N) is 1. The van der Waals surface area contributed by atoms with Gasteiger partial charge in [0.15, 0.2) is 6.61 Å². The van der Waals surface area contributed by atoms with Crippen molar-refractivity contribution in [3.05, 3.63) is 64.7 Å². The molecule has 1 unspecified atom stereocenters. The maximum absolute atomic E-state index is 13.0. The number of carboxylic acid groups (broad SMARTS) is 1. The molecule has 27 heavy (non-hydrogen) atoms. The van der Waals surface area contributed by atoms with Crippen molar-refractivity contribution in [2.45, 2.75) is 45.1 Å². The smallest absolute Gasteiger partial charge is 0.341 e. The highest BCUT2D eigenvalue weighted by atomic mass is 16.5. The topological polar surface area (TPSA) is 75.6 Å². The van der Waals surface area contributed by atoms with Crippen LogP contribution in [0.1, 0.15) is 48.1 Å². The average Bonchev–Trinajstić information content (AvgIpc) is 3.41. The second-order valence-corrected chi connectivity index (χ2v) is 7.41. The van der Waals surface area contributed by atoms with E-state index in [4.69, 9.17) is 9.84 Å². The lowest BCUT2D eigenvalue weighted by Gasteiger charge is -2.21. The molecule has 1 amide bonds. The first-order chi connectivity index (χ1) is 12.8. The van der Waals surface area contributed by atoms with Gasteiger partial charge in [-0.3, -0.25) is 4.79 Å². The van der Waals surface area contributed by atoms with Crippen LogP contribution >= 0.6 is 0 Å². The number of carbonyl (C=O) groups is 2. The second-order valence-electron chi connectivity index (χ2n) is 7.41. The van der Waals surface area contributed by atoms with Gasteiger partial charge in [0.1, 0.15) is 5.75 Å². The highest BCUT2D eigenvalue weighted by molar-refractivity contribution is 5.91. The van der Waals surface area contributed by atoms with Gasteiger partial charge in [0.2, 0.25) is 5.91 Å². The Hall–Kier alpha value is -2.82. The molecule has 142 valence electrons. The van der Waals surface area contributed by atoms with E-state index in [9.17, 15) is 9.59 Å². The van der Waals surface area contributed by atoms with E-state index in [0.717, 1.165) is 24.0 Å². The zero-order chi connectivity index (χ0) is 19.6. The summed E-state index contributed by atoms with van der Waals surface area (Å²) in [4.78, 5) is 23.5. The number of hydrogen-bond donors (Lipinski definition) is 2. The number of hydrogen-bond acceptors (Lipinski definition) is 3. The summed E-state index contributed by atoms with van der Waals surface area (Å²) in [6.45, 7) is 5.69. The summed E-state index contributed by atoms with van der Waals surface area (Å²) in [5.74, 6) is -0.458. The molecule has 1 aliphatic carbocycles. The molecule has 5 nitrogen and oxygen atoms in total. The van der Waals surface area contributed by atoms with E-state index < -0.39 is 11.4 Å². The molecule has 0 bridgehead atoms. The minimum absolute atomic E-state index is 0.0613. The van der Waals surface area contributed by atoms with Crippen molar-refractivity contribution in [3.63, 3.8) is 0 Å². The Morgan fingerprint density at radius 1 is 1.11 bits per heavy atom. The molecule has 0 radical (unpaired) electrons. The standard InChI is InChI=1S/C22H25NO4/c1-14-10-15(2)12-18(11-14)22(8-9-22)21(26)23-16(3)17-4-6-19(7-5-17)27-13-20(24)25/h4-7,10-12,16H,8-9,13H2,1-3H3,(H,23,26)(H,24,25). The van der Waals surface area contributed by atoms with Gasteiger partial charge in [-0.1, -0.05) is 41.5 Å². The molecule has 5 heteroatoms. The first-order valence-corrected chi connectivity index (χ1v) is 9.14. The lowest BCUT2D eigenvalue weighted by Crippen LogP contribution is -2.36. The number of carboxylic acids is 1. The van der Waals surface area contributed by atoms with Gasteiger partial charge < -0.3 is 15.2 Å². The number of ether oxygens (including phenoxy) is 1. The van der Waals surface area contributed by atoms with Gasteiger partial charge in [0.05, 0.1) is 11.5 Å². The summed E-state index contributed by atoms with van der Waals surface area (Å²) in [6.07, 6.45) is 1.74. The summed E-state index contributed by atoms with van der Waals surface area (Å²) in [6, 6.07) is 13.3. The third kappa shape index (κ3) is 4.30. The predicted octanol–water partition coefficient (Wildman–Crippen LogP) is 3.68. The summed E-state index contributed by atoms with van der Waals surface area (Å²) in [5.41, 5.74) is 3.99. The van der Waals surface area contributed by atoms with Crippen LogP contribution < -0.4 is 10.1 Å². The van der Waals surface area contributed by atoms with E-state index in [1.54, 1.807) is 12.1 Å². The third-order valence-corrected chi connectivity index (χ3v) is 5.05. The molecule has 0 aliphatic heterocycles. The lowest BCUT2D eigenvalue weighted by molar-refractivity contribution is -0.139. The first kappa shape index (κ1) is 19.0. The van der Waals surface area contributed by atoms with Crippen molar-refractivity contribution in [3.8, 4) is 5.75 Å². The van der Waals surface area contributed by atoms with Gasteiger partial charge in [-0.15, -0.1) is 0 Å². The maximum Gasteiger partial charge on any atom is 0.341 e. The van der Waals surface area contributed by atoms with Crippen molar-refractivity contribution < 1.29 is 19.4 Å². The minimum atomic E-state index is -1.01. The molecule has 0 spiro atoms. The monoisotopic (exact) mass is 367 g/mol. The molecule has 2 aromatic rings. The zero-order valence-corrected chi connectivity index (χ0v) is 15.9. The maximum atomic E-state index is 13.0. The Balaban J connectivity index is 1.67. The van der Waals surface area contributed by atoms with Gasteiger partial charge in [-0.05, 0) is 56.9 Å². The number of rotatable bonds is 7. The molecule has 1 atom stereocenters. The van der Waals surface area contributed by atoms with Gasteiger partial charge >= 0.3 is 5.97 Å². The lowest BCUT2D eigenvalue weighted by atomic mass is 9.91. The van der Waals surface area contributed by atoms with E-state index >= 15 is 0 Å². The zero-order valence-electron chi connectivity index (χ0n) is 15.9. The number of aryl methyl sites for hydroxylation is 2. The molecule has 0 saturated heterocycles. The van der Waals surface area contributed by atoms with Crippen LogP contribution in [-0.4, -0.2) is 23.6 Å². The quantitative estimate of drug-likeness (QED) is 0.783. The van der Waals surface area contributed by atoms with Crippen LogP contribution in [0.2, 0.25) is 0 Å². The minimum Gasteiger partial charge on any atom is -0.482 e. The SMILES string of the molecule is Cc1cc(C)cc(C2(C(=O)NC(C)c3ccc(OCC(=O)O)cc3)CC2)c1. The molecular formula is C22H25NO4. The fourth-order valence-corrected chi connectivity index (χ4v) is 3.44. The summed E-state index contributed by atoms with van der Waals surface area (Å²) in [5, 5.41) is 11.8. The largest absolute Gasteiger partial charge is 0.482 e. The Morgan fingerprint density at radius 2 is 1.70 bits per heavy atom. The number of benzene rings is 2. The number of aliphatic carboxylic acids is 1. The summed E-state index contributed by atoms with van der Waals surface area (Å²) >= 11 is 0. The van der Waals surface area contributed by atoms with Gasteiger partial charge in [-0.2, -0.15) is 0 Å². The van der Waals surface area contributed by atoms with Crippen molar-refractivity contribution in [1.29, 1.82) is 0 Å². The van der Waals surface area contributed by atoms with E-state index in [0.29, 0.717) is 5.75 Å². The Kier molecular flexibility index (Phi) is 5.22. The van der Waals surface area contributed by atoms with Crippen LogP contribution in [0.5, 0.6) is 5.75 Å². The first-order valence-electron chi connectivity index (χ1n) is 9.14. The Labute approximate surface area is 159 Å². The van der Waals surface area contributed by atoms with Crippen LogP contribution in [0.4, 0.5) is 0 Å². The van der Waals surface area contributed by atoms with Crippen LogP contribution in [0.15, 0.2) is 42.5 Å². The predicted molar refractivity (Wildman–Crippen MR) is 103 cm³/mol. The molecule has 0 aromatic heterocycles. The van der Waals surface area contributed by atoms with E-state index in [1.165, 1.54) is 11.1 Å². The van der Waals surface area contributed by atoms with Crippen molar-refractivity contribution in [2.24, 2.45) is 0 Å². The summed E-state index contributed by atoms with van der Waals surface area (Å²) in [7, 11) is 0. The average molecular weight is 367 g/mol. The molecule has 1 fully saturated rings. The van der Waals surface area contributed by atoms with E-state index in [-0.39, 0.29) is 18.6 Å². The molecule has 0 heterocycles. The molecule has 3 rings (SSSR count). The third-order valence-electron chi connectivity index (χ3n) is 5.05. The van der Waals surface area contributed by atoms with Gasteiger partial charge in [0.25, 0.3) is 0 Å². The van der Waals surface area contributed by atoms with Crippen LogP contribution in [0.3, 0.4) is 0 Å². The van der Waals surface area contributed by atoms with Crippen LogP contribution in [0.25, 0.3) is 0 Å². The number of carbonyl (C=O) groups excluding carboxylic acids is 1. The Bertz CT molecular complexity index is 833. The fraction of sp³-hybridized carbons (Fsp3) is 0.364. The van der Waals surface area contributed by atoms with Crippen molar-refractivity contribution >= 4 is 11.9 Å². The highest BCUT2D eigenvalue weighted by Gasteiger charge is 2.51. The van der Waals surface area contributed by atoms with Crippen molar-refractivity contribution in [1.82, 2.24) is 5.32 Å². The highest BCUT2D eigenvalue weighted by Crippen LogP contribution is 2.49. The Morgan fingerprint density at radius 3 is 2.22 bits per heavy atom. The van der Waals surface area contributed by atoms with Gasteiger partial charge in [-0.25, -0.2) is 4.79 Å². The van der Waals surface area contributed by atoms with Gasteiger partial charge in [0, 0.05) is 0 Å². The fourth-order valence-electron chi connectivity index (χ4n) is 3.44. The number of amides is 1. The summed E-state index contributed by atoms with van der Waals surface area (Å²) < 4.78 is 5.14. The molecular weight excluding hydrogens is 342 g/mol.